The number of aromatic carboxylic acids is 1. The van der Waals surface area contributed by atoms with Gasteiger partial charge in [0.05, 0.1) is 11.3 Å². The zero-order chi connectivity index (χ0) is 14.7. The van der Waals surface area contributed by atoms with Crippen LogP contribution < -0.4 is 4.74 Å². The molecule has 1 heterocycles. The number of hydrogen-bond donors (Lipinski definition) is 1. The number of rotatable bonds is 4. The fourth-order valence-corrected chi connectivity index (χ4v) is 2.17. The van der Waals surface area contributed by atoms with E-state index in [-0.39, 0.29) is 5.56 Å². The summed E-state index contributed by atoms with van der Waals surface area (Å²) in [6.07, 6.45) is 1.74. The topological polar surface area (TPSA) is 59.4 Å². The quantitative estimate of drug-likeness (QED) is 0.794. The molecule has 4 heteroatoms. The van der Waals surface area contributed by atoms with E-state index in [9.17, 15) is 4.79 Å². The molecule has 0 unspecified atom stereocenters. The van der Waals surface area contributed by atoms with E-state index in [0.717, 1.165) is 16.5 Å². The Hall–Kier alpha value is -2.88. The summed E-state index contributed by atoms with van der Waals surface area (Å²) in [7, 11) is 0. The van der Waals surface area contributed by atoms with Crippen molar-refractivity contribution < 1.29 is 14.6 Å². The summed E-state index contributed by atoms with van der Waals surface area (Å²) in [6, 6.07) is 16.3. The van der Waals surface area contributed by atoms with Crippen LogP contribution in [0.4, 0.5) is 0 Å². The lowest BCUT2D eigenvalue weighted by Gasteiger charge is -2.08. The van der Waals surface area contributed by atoms with E-state index in [4.69, 9.17) is 9.84 Å². The molecule has 2 aromatic carbocycles. The van der Waals surface area contributed by atoms with Crippen LogP contribution in [0.25, 0.3) is 10.8 Å². The molecular formula is C17H13NO3. The third-order valence-electron chi connectivity index (χ3n) is 3.21. The summed E-state index contributed by atoms with van der Waals surface area (Å²) in [5.74, 6) is -0.451. The van der Waals surface area contributed by atoms with Gasteiger partial charge < -0.3 is 9.84 Å². The Bertz CT molecular complexity index is 793. The molecule has 0 aliphatic heterocycles. The van der Waals surface area contributed by atoms with Gasteiger partial charge in [0.2, 0.25) is 0 Å². The summed E-state index contributed by atoms with van der Waals surface area (Å²) in [5, 5.41) is 11.1. The molecule has 0 saturated carbocycles. The molecule has 3 aromatic rings. The fraction of sp³-hybridized carbons (Fsp3) is 0.0588. The third-order valence-corrected chi connectivity index (χ3v) is 3.21. The number of benzene rings is 2. The van der Waals surface area contributed by atoms with Crippen molar-refractivity contribution >= 4 is 16.7 Å². The summed E-state index contributed by atoms with van der Waals surface area (Å²) in [5.41, 5.74) is 1.03. The van der Waals surface area contributed by atoms with E-state index in [1.54, 1.807) is 18.3 Å². The molecule has 21 heavy (non-hydrogen) atoms. The van der Waals surface area contributed by atoms with Crippen molar-refractivity contribution in [2.75, 3.05) is 0 Å². The lowest BCUT2D eigenvalue weighted by molar-refractivity contribution is 0.0696. The van der Waals surface area contributed by atoms with E-state index in [2.05, 4.69) is 4.98 Å². The second-order valence-corrected chi connectivity index (χ2v) is 4.60. The van der Waals surface area contributed by atoms with Crippen LogP contribution in [0.1, 0.15) is 16.1 Å². The largest absolute Gasteiger partial charge is 0.487 e. The van der Waals surface area contributed by atoms with E-state index >= 15 is 0 Å². The zero-order valence-electron chi connectivity index (χ0n) is 11.2. The molecule has 0 fully saturated rings. The molecule has 104 valence electrons. The van der Waals surface area contributed by atoms with Crippen LogP contribution in [-0.2, 0) is 6.61 Å². The van der Waals surface area contributed by atoms with Gasteiger partial charge in [0, 0.05) is 11.6 Å². The van der Waals surface area contributed by atoms with Crippen LogP contribution in [0.5, 0.6) is 5.75 Å². The Kier molecular flexibility index (Phi) is 3.51. The number of hydrogen-bond acceptors (Lipinski definition) is 3. The molecule has 0 spiro atoms. The summed E-state index contributed by atoms with van der Waals surface area (Å²) >= 11 is 0. The molecular weight excluding hydrogens is 266 g/mol. The predicted molar refractivity (Wildman–Crippen MR) is 79.5 cm³/mol. The highest BCUT2D eigenvalue weighted by molar-refractivity contribution is 5.88. The van der Waals surface area contributed by atoms with Crippen LogP contribution in [0.2, 0.25) is 0 Å². The molecule has 0 bridgehead atoms. The number of carboxylic acid groups (broad SMARTS) is 1. The van der Waals surface area contributed by atoms with Gasteiger partial charge in [-0.3, -0.25) is 4.98 Å². The molecule has 0 amide bonds. The smallest absolute Gasteiger partial charge is 0.335 e. The molecule has 0 aliphatic carbocycles. The van der Waals surface area contributed by atoms with E-state index in [1.807, 2.05) is 30.3 Å². The molecule has 1 aromatic heterocycles. The highest BCUT2D eigenvalue weighted by atomic mass is 16.5. The van der Waals surface area contributed by atoms with Crippen LogP contribution in [0, 0.1) is 0 Å². The van der Waals surface area contributed by atoms with Gasteiger partial charge >= 0.3 is 5.97 Å². The minimum Gasteiger partial charge on any atom is -0.487 e. The molecule has 0 radical (unpaired) electrons. The Balaban J connectivity index is 1.84. The minimum absolute atomic E-state index is 0.207. The zero-order valence-corrected chi connectivity index (χ0v) is 11.2. The number of fused-ring (bicyclic) bond motifs is 1. The van der Waals surface area contributed by atoms with Gasteiger partial charge in [-0.05, 0) is 29.7 Å². The number of aromatic nitrogens is 1. The molecule has 0 saturated heterocycles. The van der Waals surface area contributed by atoms with Crippen LogP contribution in [0.3, 0.4) is 0 Å². The highest BCUT2D eigenvalue weighted by Crippen LogP contribution is 2.19. The van der Waals surface area contributed by atoms with Crippen LogP contribution in [0.15, 0.2) is 60.8 Å². The molecule has 4 nitrogen and oxygen atoms in total. The number of pyridine rings is 1. The van der Waals surface area contributed by atoms with E-state index in [0.29, 0.717) is 12.4 Å². The van der Waals surface area contributed by atoms with Gasteiger partial charge in [0.1, 0.15) is 12.4 Å². The second kappa shape index (κ2) is 5.63. The first-order valence-corrected chi connectivity index (χ1v) is 6.53. The van der Waals surface area contributed by atoms with Crippen molar-refractivity contribution in [1.82, 2.24) is 4.98 Å². The molecule has 3 rings (SSSR count). The summed E-state index contributed by atoms with van der Waals surface area (Å²) in [6.45, 7) is 0.296. The first kappa shape index (κ1) is 13.1. The minimum atomic E-state index is -0.969. The Morgan fingerprint density at radius 2 is 1.95 bits per heavy atom. The van der Waals surface area contributed by atoms with Gasteiger partial charge in [0.25, 0.3) is 0 Å². The van der Waals surface area contributed by atoms with Crippen LogP contribution in [-0.4, -0.2) is 16.1 Å². The van der Waals surface area contributed by atoms with Gasteiger partial charge in [-0.15, -0.1) is 0 Å². The molecule has 0 atom stereocenters. The number of ether oxygens (including phenoxy) is 1. The van der Waals surface area contributed by atoms with Crippen molar-refractivity contribution in [3.8, 4) is 5.75 Å². The SMILES string of the molecule is O=C(O)c1cccc(OCc2nccc3ccccc23)c1. The average molecular weight is 279 g/mol. The maximum absolute atomic E-state index is 10.9. The third kappa shape index (κ3) is 2.84. The Morgan fingerprint density at radius 1 is 1.10 bits per heavy atom. The van der Waals surface area contributed by atoms with Gasteiger partial charge in [0.15, 0.2) is 0 Å². The number of nitrogens with zero attached hydrogens (tertiary/aromatic N) is 1. The lowest BCUT2D eigenvalue weighted by Crippen LogP contribution is -2.01. The van der Waals surface area contributed by atoms with Crippen molar-refractivity contribution in [3.63, 3.8) is 0 Å². The summed E-state index contributed by atoms with van der Waals surface area (Å²) in [4.78, 5) is 15.3. The van der Waals surface area contributed by atoms with Gasteiger partial charge in [-0.2, -0.15) is 0 Å². The maximum atomic E-state index is 10.9. The first-order valence-electron chi connectivity index (χ1n) is 6.53. The maximum Gasteiger partial charge on any atom is 0.335 e. The molecule has 0 aliphatic rings. The van der Waals surface area contributed by atoms with Crippen LogP contribution >= 0.6 is 0 Å². The highest BCUT2D eigenvalue weighted by Gasteiger charge is 2.06. The number of carbonyl (C=O) groups is 1. The van der Waals surface area contributed by atoms with E-state index < -0.39 is 5.97 Å². The van der Waals surface area contributed by atoms with Crippen molar-refractivity contribution in [2.45, 2.75) is 6.61 Å². The fourth-order valence-electron chi connectivity index (χ4n) is 2.17. The summed E-state index contributed by atoms with van der Waals surface area (Å²) < 4.78 is 5.67. The Labute approximate surface area is 121 Å². The Morgan fingerprint density at radius 3 is 2.81 bits per heavy atom. The standard InChI is InChI=1S/C17H13NO3/c19-17(20)13-5-3-6-14(10-13)21-11-16-15-7-2-1-4-12(15)8-9-18-16/h1-10H,11H2,(H,19,20). The van der Waals surface area contributed by atoms with E-state index in [1.165, 1.54) is 12.1 Å². The number of carboxylic acids is 1. The second-order valence-electron chi connectivity index (χ2n) is 4.60. The molecule has 1 N–H and O–H groups in total. The predicted octanol–water partition coefficient (Wildman–Crippen LogP) is 3.51. The first-order chi connectivity index (χ1) is 10.2. The van der Waals surface area contributed by atoms with Gasteiger partial charge in [-0.1, -0.05) is 30.3 Å². The lowest BCUT2D eigenvalue weighted by atomic mass is 10.1. The normalized spacial score (nSPS) is 10.5. The van der Waals surface area contributed by atoms with Gasteiger partial charge in [-0.25, -0.2) is 4.79 Å². The van der Waals surface area contributed by atoms with Crippen molar-refractivity contribution in [3.05, 3.63) is 72.1 Å². The van der Waals surface area contributed by atoms with Crippen molar-refractivity contribution in [2.24, 2.45) is 0 Å². The van der Waals surface area contributed by atoms with Crippen molar-refractivity contribution in [1.29, 1.82) is 0 Å². The average Bonchev–Trinajstić information content (AvgIpc) is 2.53. The monoisotopic (exact) mass is 279 g/mol.